The summed E-state index contributed by atoms with van der Waals surface area (Å²) in [7, 11) is 0. The maximum atomic E-state index is 13.5. The summed E-state index contributed by atoms with van der Waals surface area (Å²) >= 11 is 0. The first-order chi connectivity index (χ1) is 16.1. The van der Waals surface area contributed by atoms with Gasteiger partial charge >= 0.3 is 0 Å². The Morgan fingerprint density at radius 3 is 2.56 bits per heavy atom. The zero-order valence-corrected chi connectivity index (χ0v) is 17.4. The van der Waals surface area contributed by atoms with Gasteiger partial charge in [0.1, 0.15) is 17.1 Å². The lowest BCUT2D eigenvalue weighted by molar-refractivity contribution is -0.139. The van der Waals surface area contributed by atoms with Gasteiger partial charge in [-0.05, 0) is 36.5 Å². The Bertz CT molecular complexity index is 1400. The molecule has 0 fully saturated rings. The molecule has 5 rings (SSSR count). The van der Waals surface area contributed by atoms with Crippen LogP contribution >= 0.6 is 0 Å². The smallest absolute Gasteiger partial charge is 0.256 e. The second kappa shape index (κ2) is 7.06. The molecule has 7 N–H and O–H groups in total. The lowest BCUT2D eigenvalue weighted by atomic mass is 9.59. The number of ketones is 2. The third-order valence-electron chi connectivity index (χ3n) is 6.76. The second-order valence-electron chi connectivity index (χ2n) is 8.45. The van der Waals surface area contributed by atoms with Gasteiger partial charge in [-0.25, -0.2) is 0 Å². The highest BCUT2D eigenvalue weighted by molar-refractivity contribution is 6.31. The number of hydrogen-bond donors (Lipinski definition) is 6. The van der Waals surface area contributed by atoms with E-state index < -0.39 is 57.7 Å². The second-order valence-corrected chi connectivity index (χ2v) is 8.45. The van der Waals surface area contributed by atoms with Crippen LogP contribution in [0.25, 0.3) is 11.3 Å². The Hall–Kier alpha value is -4.38. The van der Waals surface area contributed by atoms with Crippen molar-refractivity contribution in [1.82, 2.24) is 9.97 Å². The quantitative estimate of drug-likeness (QED) is 0.346. The molecule has 0 bridgehead atoms. The van der Waals surface area contributed by atoms with E-state index in [2.05, 4.69) is 9.97 Å². The lowest BCUT2D eigenvalue weighted by Gasteiger charge is -2.45. The highest BCUT2D eigenvalue weighted by atomic mass is 16.3. The molecule has 1 aromatic carbocycles. The molecule has 0 spiro atoms. The number of allylic oxidation sites excluding steroid dienone is 2. The van der Waals surface area contributed by atoms with Crippen LogP contribution in [-0.2, 0) is 16.0 Å². The van der Waals surface area contributed by atoms with Gasteiger partial charge in [-0.3, -0.25) is 24.4 Å². The van der Waals surface area contributed by atoms with Gasteiger partial charge < -0.3 is 31.6 Å². The Balaban J connectivity index is 1.72. The molecule has 3 atom stereocenters. The van der Waals surface area contributed by atoms with Crippen LogP contribution in [0.5, 0.6) is 5.75 Å². The molecule has 3 aliphatic carbocycles. The normalized spacial score (nSPS) is 26.2. The van der Waals surface area contributed by atoms with E-state index in [1.54, 1.807) is 6.07 Å². The van der Waals surface area contributed by atoms with Gasteiger partial charge in [0.05, 0.1) is 23.2 Å². The van der Waals surface area contributed by atoms with Crippen molar-refractivity contribution in [2.24, 2.45) is 17.6 Å². The highest BCUT2D eigenvalue weighted by Gasteiger charge is 2.61. The van der Waals surface area contributed by atoms with Crippen LogP contribution in [0.1, 0.15) is 22.3 Å². The number of benzene rings is 1. The van der Waals surface area contributed by atoms with Crippen molar-refractivity contribution in [3.8, 4) is 17.0 Å². The van der Waals surface area contributed by atoms with E-state index in [1.165, 1.54) is 24.7 Å². The molecule has 34 heavy (non-hydrogen) atoms. The SMILES string of the molecule is N=C1C(O)=C(C(N)=O)C(=O)[C@@]2(O)C(O)=C3C(=O)c4c(O)ccc(-c5cnccn5)c4C[C@H]3C[C@@H]12. The number of nitrogens with zero attached hydrogens (tertiary/aromatic N) is 2. The third-order valence-corrected chi connectivity index (χ3v) is 6.76. The lowest BCUT2D eigenvalue weighted by Crippen LogP contribution is -2.60. The number of carbonyl (C=O) groups excluding carboxylic acids is 3. The molecule has 0 saturated heterocycles. The average molecular weight is 462 g/mol. The first-order valence-electron chi connectivity index (χ1n) is 10.3. The van der Waals surface area contributed by atoms with E-state index in [1.807, 2.05) is 0 Å². The number of phenols is 1. The minimum Gasteiger partial charge on any atom is -0.508 e. The van der Waals surface area contributed by atoms with Crippen molar-refractivity contribution in [2.45, 2.75) is 18.4 Å². The number of primary amides is 1. The minimum atomic E-state index is -2.83. The number of carbonyl (C=O) groups is 3. The number of aromatic hydroxyl groups is 1. The Labute approximate surface area is 191 Å². The maximum absolute atomic E-state index is 13.5. The average Bonchev–Trinajstić information content (AvgIpc) is 2.80. The van der Waals surface area contributed by atoms with Crippen molar-refractivity contribution in [3.63, 3.8) is 0 Å². The van der Waals surface area contributed by atoms with Gasteiger partial charge in [0, 0.05) is 29.4 Å². The van der Waals surface area contributed by atoms with Crippen LogP contribution < -0.4 is 5.73 Å². The maximum Gasteiger partial charge on any atom is 0.256 e. The standard InChI is InChI=1S/C23H18N4O7/c24-17-11-6-8-5-10-9(12-7-26-3-4-27-12)1-2-13(28)15(10)18(29)14(8)20(31)23(11,34)21(32)16(19(17)30)22(25)33/h1-4,7-8,11,24,28,30-31,34H,5-6H2,(H2,25,33)/t8-,11-,23-/m0/s1. The van der Waals surface area contributed by atoms with Crippen LogP contribution in [0, 0.1) is 17.2 Å². The summed E-state index contributed by atoms with van der Waals surface area (Å²) < 4.78 is 0. The number of aliphatic hydroxyl groups is 3. The minimum absolute atomic E-state index is 0.0992. The largest absolute Gasteiger partial charge is 0.508 e. The molecule has 0 aliphatic heterocycles. The fourth-order valence-corrected chi connectivity index (χ4v) is 5.19. The molecule has 1 aromatic heterocycles. The number of rotatable bonds is 2. The van der Waals surface area contributed by atoms with Crippen molar-refractivity contribution >= 4 is 23.2 Å². The van der Waals surface area contributed by atoms with Crippen molar-refractivity contribution in [1.29, 1.82) is 5.41 Å². The molecule has 1 heterocycles. The number of Topliss-reactive ketones (excluding diaryl/α,β-unsaturated/α-hetero) is 2. The summed E-state index contributed by atoms with van der Waals surface area (Å²) in [6.07, 6.45) is 4.37. The van der Waals surface area contributed by atoms with Crippen LogP contribution in [0.15, 0.2) is 53.4 Å². The van der Waals surface area contributed by atoms with Gasteiger partial charge in [-0.2, -0.15) is 0 Å². The molecular weight excluding hydrogens is 444 g/mol. The Morgan fingerprint density at radius 1 is 1.18 bits per heavy atom. The molecule has 2 aromatic rings. The number of nitrogens with one attached hydrogen (secondary N) is 1. The summed E-state index contributed by atoms with van der Waals surface area (Å²) in [5, 5.41) is 51.3. The molecule has 0 saturated carbocycles. The number of aromatic nitrogens is 2. The summed E-state index contributed by atoms with van der Waals surface area (Å²) in [6, 6.07) is 2.88. The monoisotopic (exact) mass is 462 g/mol. The van der Waals surface area contributed by atoms with E-state index in [9.17, 15) is 34.8 Å². The number of amides is 1. The van der Waals surface area contributed by atoms with Gasteiger partial charge in [0.15, 0.2) is 17.1 Å². The predicted molar refractivity (Wildman–Crippen MR) is 115 cm³/mol. The fourth-order valence-electron chi connectivity index (χ4n) is 5.19. The zero-order chi connectivity index (χ0) is 24.5. The molecule has 11 nitrogen and oxygen atoms in total. The van der Waals surface area contributed by atoms with Gasteiger partial charge in [-0.15, -0.1) is 0 Å². The number of fused-ring (bicyclic) bond motifs is 3. The Morgan fingerprint density at radius 2 is 1.91 bits per heavy atom. The fraction of sp³-hybridized carbons (Fsp3) is 0.217. The van der Waals surface area contributed by atoms with Crippen LogP contribution in [0.2, 0.25) is 0 Å². The zero-order valence-electron chi connectivity index (χ0n) is 17.4. The number of hydrogen-bond acceptors (Lipinski definition) is 10. The van der Waals surface area contributed by atoms with Gasteiger partial charge in [-0.1, -0.05) is 0 Å². The third kappa shape index (κ3) is 2.61. The van der Waals surface area contributed by atoms with E-state index in [-0.39, 0.29) is 29.7 Å². The van der Waals surface area contributed by atoms with Crippen LogP contribution in [0.3, 0.4) is 0 Å². The first kappa shape index (κ1) is 21.5. The van der Waals surface area contributed by atoms with Crippen LogP contribution in [-0.4, -0.2) is 59.2 Å². The van der Waals surface area contributed by atoms with Gasteiger partial charge in [0.2, 0.25) is 5.78 Å². The van der Waals surface area contributed by atoms with E-state index in [0.29, 0.717) is 16.8 Å². The molecule has 1 amide bonds. The summed E-state index contributed by atoms with van der Waals surface area (Å²) in [5.74, 6) is -8.12. The first-order valence-corrected chi connectivity index (χ1v) is 10.3. The van der Waals surface area contributed by atoms with Crippen molar-refractivity contribution in [3.05, 3.63) is 64.5 Å². The predicted octanol–water partition coefficient (Wildman–Crippen LogP) is 0.667. The van der Waals surface area contributed by atoms with Crippen molar-refractivity contribution < 1.29 is 34.8 Å². The number of phenolic OH excluding ortho intramolecular Hbond substituents is 1. The molecule has 11 heteroatoms. The molecule has 172 valence electrons. The molecule has 3 aliphatic rings. The van der Waals surface area contributed by atoms with E-state index in [4.69, 9.17) is 11.1 Å². The summed E-state index contributed by atoms with van der Waals surface area (Å²) in [5.41, 5.74) is 1.65. The number of nitrogens with two attached hydrogens (primary N) is 1. The molecular formula is C23H18N4O7. The highest BCUT2D eigenvalue weighted by Crippen LogP contribution is 2.51. The molecule has 0 radical (unpaired) electrons. The van der Waals surface area contributed by atoms with E-state index >= 15 is 0 Å². The van der Waals surface area contributed by atoms with Crippen molar-refractivity contribution in [2.75, 3.05) is 0 Å². The van der Waals surface area contributed by atoms with E-state index in [0.717, 1.165) is 0 Å². The van der Waals surface area contributed by atoms with Gasteiger partial charge in [0.25, 0.3) is 5.91 Å². The molecule has 0 unspecified atom stereocenters. The topological polar surface area (TPSA) is 208 Å². The number of aliphatic hydroxyl groups excluding tert-OH is 2. The van der Waals surface area contributed by atoms with Crippen LogP contribution in [0.4, 0.5) is 0 Å². The Kier molecular flexibility index (Phi) is 4.46. The summed E-state index contributed by atoms with van der Waals surface area (Å²) in [6.45, 7) is 0. The summed E-state index contributed by atoms with van der Waals surface area (Å²) in [4.78, 5) is 46.5.